The molecule has 2 aromatic carbocycles. The average Bonchev–Trinajstić information content (AvgIpc) is 3.71. The fourth-order valence-electron chi connectivity index (χ4n) is 7.01. The van der Waals surface area contributed by atoms with Crippen LogP contribution in [-0.4, -0.2) is 179 Å². The molecule has 1 aliphatic heterocycles. The summed E-state index contributed by atoms with van der Waals surface area (Å²) in [7, 11) is 2.89. The molecule has 23 nitrogen and oxygen atoms in total. The van der Waals surface area contributed by atoms with E-state index in [-0.39, 0.29) is 69.2 Å². The maximum Gasteiger partial charge on any atom is 0.330 e. The molecule has 1 atom stereocenters. The Balaban J connectivity index is 0.925. The number of hydrogen-bond donors (Lipinski definition) is 4. The SMILES string of the molecule is Cc1c(-c2ccc(C[C@H](NC(=O)c3c(F)cc(CNC(=O)CCOCCOCCOCCOCCOCCOCCOCCOCCNC(=O)CCN4C(=O)C=CC4=O)cc3F)C(=O)O)cc2)c(=O)n(C)c(=O)n1C. The molecule has 75 heavy (non-hydrogen) atoms. The number of amides is 5. The van der Waals surface area contributed by atoms with Crippen molar-refractivity contribution in [3.05, 3.63) is 103 Å². The Bertz CT molecular complexity index is 2480. The molecule has 412 valence electrons. The van der Waals surface area contributed by atoms with E-state index in [1.807, 2.05) is 0 Å². The lowest BCUT2D eigenvalue weighted by Gasteiger charge is -2.16. The number of carbonyl (C=O) groups is 6. The van der Waals surface area contributed by atoms with Crippen LogP contribution in [-0.2, 0) is 88.9 Å². The summed E-state index contributed by atoms with van der Waals surface area (Å²) in [6, 6.07) is 6.39. The van der Waals surface area contributed by atoms with Crippen LogP contribution in [0.4, 0.5) is 8.78 Å². The van der Waals surface area contributed by atoms with Gasteiger partial charge in [-0.05, 0) is 35.7 Å². The number of imide groups is 1. The van der Waals surface area contributed by atoms with Crippen molar-refractivity contribution in [3.8, 4) is 11.1 Å². The highest BCUT2D eigenvalue weighted by molar-refractivity contribution is 6.13. The molecule has 0 unspecified atom stereocenters. The Morgan fingerprint density at radius 1 is 0.600 bits per heavy atom. The van der Waals surface area contributed by atoms with Crippen molar-refractivity contribution in [3.63, 3.8) is 0 Å². The molecule has 0 aliphatic carbocycles. The predicted octanol–water partition coefficient (Wildman–Crippen LogP) is 0.334. The van der Waals surface area contributed by atoms with Gasteiger partial charge >= 0.3 is 11.7 Å². The maximum atomic E-state index is 15.1. The molecule has 0 radical (unpaired) electrons. The van der Waals surface area contributed by atoms with Crippen molar-refractivity contribution in [1.29, 1.82) is 0 Å². The molecule has 2 heterocycles. The highest BCUT2D eigenvalue weighted by Crippen LogP contribution is 2.21. The minimum atomic E-state index is -1.57. The number of rotatable bonds is 38. The zero-order chi connectivity index (χ0) is 54.5. The van der Waals surface area contributed by atoms with Crippen LogP contribution in [0.1, 0.15) is 40.0 Å². The van der Waals surface area contributed by atoms with Gasteiger partial charge in [0.15, 0.2) is 0 Å². The van der Waals surface area contributed by atoms with Crippen molar-refractivity contribution in [1.82, 2.24) is 30.0 Å². The molecule has 1 aliphatic rings. The summed E-state index contributed by atoms with van der Waals surface area (Å²) in [5.74, 6) is -6.84. The summed E-state index contributed by atoms with van der Waals surface area (Å²) in [4.78, 5) is 98.2. The smallest absolute Gasteiger partial charge is 0.330 e. The largest absolute Gasteiger partial charge is 0.480 e. The first kappa shape index (κ1) is 61.0. The monoisotopic (exact) mass is 1060 g/mol. The van der Waals surface area contributed by atoms with Gasteiger partial charge in [-0.2, -0.15) is 0 Å². The van der Waals surface area contributed by atoms with Crippen molar-refractivity contribution in [2.45, 2.75) is 38.8 Å². The van der Waals surface area contributed by atoms with Gasteiger partial charge in [-0.3, -0.25) is 38.2 Å². The molecule has 0 saturated carbocycles. The number of aromatic nitrogens is 2. The minimum absolute atomic E-state index is 0.0230. The van der Waals surface area contributed by atoms with E-state index in [2.05, 4.69) is 16.0 Å². The molecule has 3 aromatic rings. The molecular formula is C50H66F2N6O17. The average molecular weight is 1060 g/mol. The fraction of sp³-hybridized carbons (Fsp3) is 0.520. The van der Waals surface area contributed by atoms with E-state index in [9.17, 15) is 43.5 Å². The van der Waals surface area contributed by atoms with Gasteiger partial charge in [0.05, 0.1) is 111 Å². The van der Waals surface area contributed by atoms with Gasteiger partial charge in [-0.25, -0.2) is 18.4 Å². The molecule has 5 amide bonds. The first-order chi connectivity index (χ1) is 36.1. The molecule has 0 fully saturated rings. The molecule has 4 N–H and O–H groups in total. The van der Waals surface area contributed by atoms with E-state index in [0.717, 1.165) is 21.6 Å². The molecule has 25 heteroatoms. The number of benzene rings is 2. The zero-order valence-corrected chi connectivity index (χ0v) is 42.3. The Morgan fingerprint density at radius 3 is 1.53 bits per heavy atom. The van der Waals surface area contributed by atoms with Crippen molar-refractivity contribution in [2.24, 2.45) is 14.1 Å². The summed E-state index contributed by atoms with van der Waals surface area (Å²) in [5, 5.41) is 17.2. The van der Waals surface area contributed by atoms with Crippen LogP contribution < -0.4 is 27.2 Å². The maximum absolute atomic E-state index is 15.1. The second-order valence-corrected chi connectivity index (χ2v) is 16.6. The van der Waals surface area contributed by atoms with Gasteiger partial charge in [0.2, 0.25) is 11.8 Å². The first-order valence-corrected chi connectivity index (χ1v) is 24.1. The van der Waals surface area contributed by atoms with Crippen molar-refractivity contribution in [2.75, 3.05) is 119 Å². The number of nitrogens with zero attached hydrogens (tertiary/aromatic N) is 3. The number of ether oxygens (including phenoxy) is 8. The lowest BCUT2D eigenvalue weighted by molar-refractivity contribution is -0.139. The molecule has 0 spiro atoms. The van der Waals surface area contributed by atoms with E-state index >= 15 is 8.78 Å². The van der Waals surface area contributed by atoms with E-state index in [4.69, 9.17) is 37.9 Å². The summed E-state index contributed by atoms with van der Waals surface area (Å²) in [6.45, 7) is 6.98. The number of halogens is 2. The quantitative estimate of drug-likeness (QED) is 0.0445. The molecule has 4 rings (SSSR count). The lowest BCUT2D eigenvalue weighted by Crippen LogP contribution is -2.43. The third-order valence-electron chi connectivity index (χ3n) is 11.2. The Hall–Kier alpha value is -6.58. The standard InChI is InChI=1S/C50H66F2N6O17/c1-34-45(48(64)57(3)50(67)56(34)2)37-6-4-35(5-7-37)32-40(49(65)66)55-47(63)46-38(51)30-36(31-39(46)52)33-54-42(60)11-14-68-16-18-70-20-22-72-24-26-74-28-29-75-27-25-73-23-21-71-19-17-69-15-12-53-41(59)10-13-58-43(61)8-9-44(58)62/h4-9,30-31,40H,10-29,32-33H2,1-3H3,(H,53,59)(H,54,60)(H,55,63)(H,65,66)/t40-/m0/s1. The van der Waals surface area contributed by atoms with Crippen LogP contribution in [0.25, 0.3) is 11.1 Å². The third kappa shape index (κ3) is 21.3. The Kier molecular flexibility index (Phi) is 27.1. The number of hydrogen-bond acceptors (Lipinski definition) is 16. The third-order valence-corrected chi connectivity index (χ3v) is 11.2. The predicted molar refractivity (Wildman–Crippen MR) is 263 cm³/mol. The molecule has 1 aromatic heterocycles. The minimum Gasteiger partial charge on any atom is -0.480 e. The van der Waals surface area contributed by atoms with Gasteiger partial charge in [0.25, 0.3) is 23.3 Å². The number of carboxylic acid groups (broad SMARTS) is 1. The highest BCUT2D eigenvalue weighted by atomic mass is 19.1. The second-order valence-electron chi connectivity index (χ2n) is 16.6. The van der Waals surface area contributed by atoms with Crippen LogP contribution >= 0.6 is 0 Å². The second kappa shape index (κ2) is 33.4. The lowest BCUT2D eigenvalue weighted by atomic mass is 10.00. The summed E-state index contributed by atoms with van der Waals surface area (Å²) < 4.78 is 75.9. The first-order valence-electron chi connectivity index (χ1n) is 24.1. The van der Waals surface area contributed by atoms with Crippen molar-refractivity contribution >= 4 is 35.5 Å². The zero-order valence-electron chi connectivity index (χ0n) is 42.3. The van der Waals surface area contributed by atoms with E-state index in [1.165, 1.54) is 30.8 Å². The van der Waals surface area contributed by atoms with Crippen LogP contribution in [0.15, 0.2) is 58.1 Å². The van der Waals surface area contributed by atoms with Gasteiger partial charge in [-0.15, -0.1) is 0 Å². The summed E-state index contributed by atoms with van der Waals surface area (Å²) in [5.41, 5.74) is -0.338. The number of carbonyl (C=O) groups excluding carboxylic acids is 5. The molecule has 0 saturated heterocycles. The van der Waals surface area contributed by atoms with Crippen LogP contribution in [0, 0.1) is 18.6 Å². The number of aliphatic carboxylic acids is 1. The molecule has 0 bridgehead atoms. The van der Waals surface area contributed by atoms with Gasteiger partial charge in [0.1, 0.15) is 23.2 Å². The Labute approximate surface area is 431 Å². The van der Waals surface area contributed by atoms with Crippen LogP contribution in [0.5, 0.6) is 0 Å². The molecular weight excluding hydrogens is 995 g/mol. The van der Waals surface area contributed by atoms with Crippen molar-refractivity contribution < 1.29 is 80.5 Å². The topological polar surface area (TPSA) is 280 Å². The van der Waals surface area contributed by atoms with E-state index in [0.29, 0.717) is 109 Å². The number of nitrogens with one attached hydrogen (secondary N) is 3. The summed E-state index contributed by atoms with van der Waals surface area (Å²) in [6.07, 6.45) is 2.07. The fourth-order valence-corrected chi connectivity index (χ4v) is 7.01. The van der Waals surface area contributed by atoms with Crippen LogP contribution in [0.2, 0.25) is 0 Å². The van der Waals surface area contributed by atoms with E-state index in [1.54, 1.807) is 31.2 Å². The van der Waals surface area contributed by atoms with Gasteiger partial charge in [0, 0.05) is 70.8 Å². The highest BCUT2D eigenvalue weighted by Gasteiger charge is 2.27. The number of carboxylic acids is 1. The Morgan fingerprint density at radius 2 is 1.05 bits per heavy atom. The normalized spacial score (nSPS) is 12.6. The van der Waals surface area contributed by atoms with Gasteiger partial charge < -0.3 is 63.5 Å². The summed E-state index contributed by atoms with van der Waals surface area (Å²) >= 11 is 0. The van der Waals surface area contributed by atoms with Crippen LogP contribution in [0.3, 0.4) is 0 Å². The van der Waals surface area contributed by atoms with Gasteiger partial charge in [-0.1, -0.05) is 24.3 Å². The van der Waals surface area contributed by atoms with E-state index < -0.39 is 64.1 Å².